The van der Waals surface area contributed by atoms with Crippen molar-refractivity contribution in [2.75, 3.05) is 66.0 Å². The van der Waals surface area contributed by atoms with E-state index in [1.54, 1.807) is 38.3 Å². The molecule has 404 valence electrons. The molecule has 76 heavy (non-hydrogen) atoms. The Morgan fingerprint density at radius 3 is 2.46 bits per heavy atom. The minimum Gasteiger partial charge on any atom is -0.496 e. The van der Waals surface area contributed by atoms with Crippen molar-refractivity contribution >= 4 is 57.5 Å². The topological polar surface area (TPSA) is 162 Å². The second kappa shape index (κ2) is 17.6. The molecule has 15 nitrogen and oxygen atoms in total. The van der Waals surface area contributed by atoms with Gasteiger partial charge in [0.25, 0.3) is 0 Å². The molecule has 4 aromatic rings. The third-order valence-electron chi connectivity index (χ3n) is 19.2. The molecule has 12 rings (SSSR count). The van der Waals surface area contributed by atoms with Gasteiger partial charge in [0.2, 0.25) is 17.0 Å². The number of esters is 3. The number of hydrogen-bond donors (Lipinski definition) is 3. The van der Waals surface area contributed by atoms with Gasteiger partial charge >= 0.3 is 29.1 Å². The Morgan fingerprint density at radius 2 is 1.72 bits per heavy atom. The van der Waals surface area contributed by atoms with Crippen LogP contribution < -0.4 is 9.64 Å². The average molecular weight is 1060 g/mol. The maximum absolute atomic E-state index is 16.6. The van der Waals surface area contributed by atoms with Crippen LogP contribution in [0.3, 0.4) is 0 Å². The van der Waals surface area contributed by atoms with E-state index in [9.17, 15) is 15.0 Å². The summed E-state index contributed by atoms with van der Waals surface area (Å²) in [5, 5.41) is 27.0. The lowest BCUT2D eigenvalue weighted by Gasteiger charge is -2.63. The standard InChI is InChI=1S/C58H69F2N6O9S/c1-9-54(70)30-36-31-57(52(68)73-7,48-40(20-24-63(32-36)33-54)39-14-11-12-15-43(39)61-48)42-28-41-45(29-46(42)72-6)62(5)50-56(41)22-25-64-23-13-21-55(10-2,49(56)64)51(58(50,71)53(69)74-8)75-47(67)19-18-37-16-17-38-27-44-34(3)26-35(4)65(44)76(59,60)66(37)38/h11-17,21,26-29,36,49-51,61,70-71H,9-10,18-20,22-25,30-33H2,1-8H3/q+1. The zero-order valence-electron chi connectivity index (χ0n) is 44.6. The van der Waals surface area contributed by atoms with E-state index in [0.29, 0.717) is 105 Å². The lowest BCUT2D eigenvalue weighted by molar-refractivity contribution is -0.303. The highest BCUT2D eigenvalue weighted by molar-refractivity contribution is 8.18. The number of H-pyrrole nitrogens is 1. The Balaban J connectivity index is 1.01. The quantitative estimate of drug-likeness (QED) is 0.0622. The van der Waals surface area contributed by atoms with Crippen LogP contribution in [0.25, 0.3) is 17.0 Å². The normalized spacial score (nSPS) is 33.9. The van der Waals surface area contributed by atoms with Crippen LogP contribution in [0, 0.1) is 25.2 Å². The van der Waals surface area contributed by atoms with E-state index in [1.807, 2.05) is 69.1 Å². The molecule has 2 bridgehead atoms. The van der Waals surface area contributed by atoms with Crippen molar-refractivity contribution in [3.05, 3.63) is 112 Å². The van der Waals surface area contributed by atoms with Gasteiger partial charge in [-0.25, -0.2) is 8.77 Å². The molecule has 2 aromatic carbocycles. The van der Waals surface area contributed by atoms with Gasteiger partial charge in [-0.3, -0.25) is 19.4 Å². The molecule has 3 fully saturated rings. The minimum atomic E-state index is -4.57. The summed E-state index contributed by atoms with van der Waals surface area (Å²) < 4.78 is 59.9. The molecule has 7 aliphatic heterocycles. The van der Waals surface area contributed by atoms with E-state index in [2.05, 4.69) is 26.9 Å². The van der Waals surface area contributed by atoms with Gasteiger partial charge < -0.3 is 39.0 Å². The second-order valence-corrected chi connectivity index (χ2v) is 24.4. The fourth-order valence-electron chi connectivity index (χ4n) is 16.3. The van der Waals surface area contributed by atoms with E-state index in [0.717, 1.165) is 35.5 Å². The summed E-state index contributed by atoms with van der Waals surface area (Å²) in [5.74, 6) is -1.98. The molecule has 0 radical (unpaired) electrons. The van der Waals surface area contributed by atoms with Gasteiger partial charge in [0.1, 0.15) is 11.2 Å². The number of carbonyl (C=O) groups excluding carboxylic acids is 3. The van der Waals surface area contributed by atoms with Gasteiger partial charge in [0.05, 0.1) is 45.1 Å². The second-order valence-electron chi connectivity index (χ2n) is 22.8. The summed E-state index contributed by atoms with van der Waals surface area (Å²) in [5.41, 5.74) is -0.388. The zero-order chi connectivity index (χ0) is 53.6. The first-order valence-electron chi connectivity index (χ1n) is 26.8. The average Bonchev–Trinajstić information content (AvgIpc) is 4.25. The number of ether oxygens (including phenoxy) is 4. The van der Waals surface area contributed by atoms with Crippen molar-refractivity contribution in [2.24, 2.45) is 11.3 Å². The number of anilines is 1. The Labute approximate surface area is 444 Å². The van der Waals surface area contributed by atoms with Crippen molar-refractivity contribution in [1.29, 1.82) is 0 Å². The number of nitrogens with one attached hydrogen (secondary N) is 1. The van der Waals surface area contributed by atoms with E-state index >= 15 is 17.4 Å². The van der Waals surface area contributed by atoms with Gasteiger partial charge in [-0.05, 0) is 99.7 Å². The summed E-state index contributed by atoms with van der Waals surface area (Å²) >= 11 is -4.57. The minimum absolute atomic E-state index is 0.0876. The number of methoxy groups -OCH3 is 3. The smallest absolute Gasteiger partial charge is 0.387 e. The van der Waals surface area contributed by atoms with Crippen LogP contribution in [0.5, 0.6) is 5.75 Å². The number of allylic oxidation sites excluding steroid dienone is 2. The molecule has 9 heterocycles. The number of para-hydroxylation sites is 1. The molecular weight excluding hydrogens is 995 g/mol. The highest BCUT2D eigenvalue weighted by Gasteiger charge is 2.80. The van der Waals surface area contributed by atoms with Crippen LogP contribution in [-0.2, 0) is 45.8 Å². The summed E-state index contributed by atoms with van der Waals surface area (Å²) in [4.78, 5) is 55.6. The SMILES string of the molecule is CCC1(O)CC2CN(CCc3c([nH]c4ccccc34)C(C(=O)OC)(c3cc4c(cc3OC)N(C)C3C(O)(C(=O)OC)C(OC(=O)CCC5=[N+]6C(=Cc7c(C)cc(C)n7S6(F)F)C=C5)C5(CC)C=CCN6CCC43C65)C2)C1. The summed E-state index contributed by atoms with van der Waals surface area (Å²) in [7, 11) is 6.03. The molecule has 3 N–H and O–H groups in total. The Kier molecular flexibility index (Phi) is 11.8. The molecule has 2 aromatic heterocycles. The number of carbonyl (C=O) groups is 3. The third-order valence-corrected chi connectivity index (χ3v) is 21.0. The summed E-state index contributed by atoms with van der Waals surface area (Å²) in [6.07, 6.45) is 9.82. The number of hydrogen-bond acceptors (Lipinski definition) is 12. The van der Waals surface area contributed by atoms with Gasteiger partial charge in [-0.2, -0.15) is 0 Å². The molecule has 2 saturated heterocycles. The third kappa shape index (κ3) is 6.71. The Morgan fingerprint density at radius 1 is 0.947 bits per heavy atom. The number of piperidine rings is 1. The van der Waals surface area contributed by atoms with Gasteiger partial charge in [0, 0.05) is 114 Å². The van der Waals surface area contributed by atoms with Crippen LogP contribution in [-0.4, -0.2) is 147 Å². The number of halogens is 2. The number of aromatic amines is 1. The largest absolute Gasteiger partial charge is 0.496 e. The molecule has 0 amide bonds. The van der Waals surface area contributed by atoms with Crippen LogP contribution in [0.15, 0.2) is 72.5 Å². The van der Waals surface area contributed by atoms with Crippen molar-refractivity contribution in [2.45, 2.75) is 119 Å². The highest BCUT2D eigenvalue weighted by atomic mass is 32.3. The molecule has 10 unspecified atom stereocenters. The molecule has 1 saturated carbocycles. The number of nitrogens with zero attached hydrogens (tertiary/aromatic N) is 5. The van der Waals surface area contributed by atoms with Crippen LogP contribution >= 0.6 is 11.2 Å². The fourth-order valence-corrected chi connectivity index (χ4v) is 18.1. The molecule has 10 atom stereocenters. The Hall–Kier alpha value is -5.79. The highest BCUT2D eigenvalue weighted by Crippen LogP contribution is 2.69. The molecular formula is C58H69F2N6O9S+. The van der Waals surface area contributed by atoms with E-state index in [1.165, 1.54) is 14.2 Å². The first kappa shape index (κ1) is 51.0. The van der Waals surface area contributed by atoms with Crippen molar-refractivity contribution in [1.82, 2.24) is 18.8 Å². The molecule has 1 spiro atoms. The Bertz CT molecular complexity index is 3270. The van der Waals surface area contributed by atoms with Gasteiger partial charge in [-0.15, -0.1) is 0 Å². The number of benzene rings is 2. The van der Waals surface area contributed by atoms with E-state index in [-0.39, 0.29) is 30.9 Å². The van der Waals surface area contributed by atoms with E-state index in [4.69, 9.17) is 18.9 Å². The molecule has 8 aliphatic rings. The molecule has 1 aliphatic carbocycles. The number of fused-ring (bicyclic) bond motifs is 8. The zero-order valence-corrected chi connectivity index (χ0v) is 45.4. The van der Waals surface area contributed by atoms with Gasteiger partial charge in [-0.1, -0.05) is 56.0 Å². The van der Waals surface area contributed by atoms with Crippen molar-refractivity contribution in [3.63, 3.8) is 0 Å². The number of rotatable bonds is 10. The number of aromatic nitrogens is 2. The first-order valence-corrected chi connectivity index (χ1v) is 28.2. The van der Waals surface area contributed by atoms with E-state index < -0.39 is 74.7 Å². The van der Waals surface area contributed by atoms with Gasteiger partial charge in [0.15, 0.2) is 6.10 Å². The monoisotopic (exact) mass is 1060 g/mol. The number of likely N-dealkylation sites (N-methyl/N-ethyl adjacent to an activating group) is 1. The maximum atomic E-state index is 16.6. The predicted molar refractivity (Wildman–Crippen MR) is 285 cm³/mol. The van der Waals surface area contributed by atoms with Crippen LogP contribution in [0.1, 0.15) is 98.1 Å². The lowest BCUT2D eigenvalue weighted by atomic mass is 9.47. The summed E-state index contributed by atoms with van der Waals surface area (Å²) in [6, 6.07) is 12.2. The predicted octanol–water partition coefficient (Wildman–Crippen LogP) is 7.50. The lowest BCUT2D eigenvalue weighted by Crippen LogP contribution is -2.81. The fraction of sp³-hybridized carbons (Fsp3) is 0.517. The molecule has 18 heteroatoms. The van der Waals surface area contributed by atoms with Crippen molar-refractivity contribution in [3.8, 4) is 5.75 Å². The van der Waals surface area contributed by atoms with Crippen LogP contribution in [0.4, 0.5) is 13.5 Å². The number of aliphatic hydroxyl groups is 2. The van der Waals surface area contributed by atoms with Crippen molar-refractivity contribution < 1.29 is 55.3 Å². The summed E-state index contributed by atoms with van der Waals surface area (Å²) in [6.45, 7) is 10.4. The first-order chi connectivity index (χ1) is 36.3. The maximum Gasteiger partial charge on any atom is 0.387 e. The number of aryl methyl sites for hydroxylation is 2. The van der Waals surface area contributed by atoms with Crippen LogP contribution in [0.2, 0.25) is 0 Å².